The van der Waals surface area contributed by atoms with Crippen molar-refractivity contribution >= 4 is 12.2 Å². The van der Waals surface area contributed by atoms with Gasteiger partial charge >= 0.3 is 0 Å². The van der Waals surface area contributed by atoms with E-state index in [1.165, 1.54) is 14.2 Å². The van der Waals surface area contributed by atoms with Crippen molar-refractivity contribution < 1.29 is 9.47 Å². The molecule has 0 fully saturated rings. The molecule has 2 aromatic rings. The van der Waals surface area contributed by atoms with Crippen molar-refractivity contribution in [3.63, 3.8) is 0 Å². The minimum Gasteiger partial charge on any atom is -0.481 e. The molecule has 0 aromatic carbocycles. The molecule has 2 rings (SSSR count). The Kier molecular flexibility index (Phi) is 3.91. The molecule has 2 heterocycles. The molecule has 0 radical (unpaired) electrons. The Balaban J connectivity index is 2.57. The van der Waals surface area contributed by atoms with Crippen LogP contribution in [0.2, 0.25) is 0 Å². The largest absolute Gasteiger partial charge is 0.481 e. The topological polar surface area (TPSA) is 77.8 Å². The normalized spacial score (nSPS) is 10.2. The molecule has 0 spiro atoms. The number of H-pyrrole nitrogens is 1. The summed E-state index contributed by atoms with van der Waals surface area (Å²) in [5, 5.41) is 6.82. The van der Waals surface area contributed by atoms with Gasteiger partial charge in [0.25, 0.3) is 0 Å². The summed E-state index contributed by atoms with van der Waals surface area (Å²) >= 11 is 5.14. The molecule has 1 N–H and O–H groups in total. The molecule has 0 unspecified atom stereocenters. The number of nitrogens with zero attached hydrogens (tertiary/aromatic N) is 4. The first kappa shape index (κ1) is 13.2. The minimum atomic E-state index is 0.366. The van der Waals surface area contributed by atoms with E-state index < -0.39 is 0 Å². The SMILES string of the molecule is C=CCn1c(-c2nc(OC)cc(OC)n2)n[nH]c1=S. The van der Waals surface area contributed by atoms with Crippen molar-refractivity contribution in [1.29, 1.82) is 0 Å². The van der Waals surface area contributed by atoms with Crippen LogP contribution in [0.25, 0.3) is 11.6 Å². The summed E-state index contributed by atoms with van der Waals surface area (Å²) in [7, 11) is 3.04. The van der Waals surface area contributed by atoms with Crippen molar-refractivity contribution in [2.24, 2.45) is 0 Å². The molecular weight excluding hydrogens is 266 g/mol. The highest BCUT2D eigenvalue weighted by atomic mass is 32.1. The predicted octanol–water partition coefficient (Wildman–Crippen LogP) is 1.60. The maximum atomic E-state index is 5.14. The first-order valence-corrected chi connectivity index (χ1v) is 5.84. The third kappa shape index (κ3) is 2.63. The van der Waals surface area contributed by atoms with Gasteiger partial charge in [-0.1, -0.05) is 6.08 Å². The second kappa shape index (κ2) is 5.61. The fourth-order valence-electron chi connectivity index (χ4n) is 1.50. The highest BCUT2D eigenvalue weighted by Crippen LogP contribution is 2.21. The van der Waals surface area contributed by atoms with Gasteiger partial charge in [-0.3, -0.25) is 9.67 Å². The molecule has 0 aliphatic carbocycles. The van der Waals surface area contributed by atoms with Crippen LogP contribution in [0.3, 0.4) is 0 Å². The predicted molar refractivity (Wildman–Crippen MR) is 71.7 cm³/mol. The summed E-state index contributed by atoms with van der Waals surface area (Å²) in [6, 6.07) is 1.59. The summed E-state index contributed by atoms with van der Waals surface area (Å²) in [5.74, 6) is 1.65. The number of rotatable bonds is 5. The average Bonchev–Trinajstić information content (AvgIpc) is 2.80. The van der Waals surface area contributed by atoms with Crippen LogP contribution in [0.15, 0.2) is 18.7 Å². The Hall–Kier alpha value is -2.22. The fraction of sp³-hybridized carbons (Fsp3) is 0.273. The molecule has 8 heteroatoms. The number of hydrogen-bond acceptors (Lipinski definition) is 6. The van der Waals surface area contributed by atoms with E-state index in [4.69, 9.17) is 21.7 Å². The van der Waals surface area contributed by atoms with Crippen LogP contribution < -0.4 is 9.47 Å². The van der Waals surface area contributed by atoms with Gasteiger partial charge in [-0.15, -0.1) is 6.58 Å². The highest BCUT2D eigenvalue weighted by Gasteiger charge is 2.14. The smallest absolute Gasteiger partial charge is 0.220 e. The summed E-state index contributed by atoms with van der Waals surface area (Å²) < 4.78 is 12.4. The molecule has 0 bridgehead atoms. The minimum absolute atomic E-state index is 0.366. The van der Waals surface area contributed by atoms with Gasteiger partial charge in [0.05, 0.1) is 20.3 Å². The Morgan fingerprint density at radius 2 is 2.00 bits per heavy atom. The van der Waals surface area contributed by atoms with Crippen LogP contribution in [0.4, 0.5) is 0 Å². The number of aromatic nitrogens is 5. The molecule has 19 heavy (non-hydrogen) atoms. The Morgan fingerprint density at radius 3 is 2.53 bits per heavy atom. The van der Waals surface area contributed by atoms with Crippen LogP contribution in [0.5, 0.6) is 11.8 Å². The van der Waals surface area contributed by atoms with E-state index >= 15 is 0 Å². The second-order valence-electron chi connectivity index (χ2n) is 3.53. The van der Waals surface area contributed by atoms with Gasteiger partial charge in [-0.2, -0.15) is 15.1 Å². The van der Waals surface area contributed by atoms with E-state index in [1.54, 1.807) is 16.7 Å². The quantitative estimate of drug-likeness (QED) is 0.661. The first-order valence-electron chi connectivity index (χ1n) is 5.43. The molecule has 0 atom stereocenters. The van der Waals surface area contributed by atoms with Gasteiger partial charge in [-0.05, 0) is 12.2 Å². The standard InChI is InChI=1S/C11H13N5O2S/c1-4-5-16-10(14-15-11(16)19)9-12-7(17-2)6-8(13-9)18-3/h4,6H,1,5H2,2-3H3,(H,15,19). The third-order valence-corrected chi connectivity index (χ3v) is 2.68. The number of ether oxygens (including phenoxy) is 2. The number of nitrogens with one attached hydrogen (secondary N) is 1. The number of aromatic amines is 1. The lowest BCUT2D eigenvalue weighted by Crippen LogP contribution is -2.03. The van der Waals surface area contributed by atoms with Crippen LogP contribution in [0, 0.1) is 4.77 Å². The molecular formula is C11H13N5O2S. The van der Waals surface area contributed by atoms with Crippen molar-refractivity contribution in [2.75, 3.05) is 14.2 Å². The summed E-state index contributed by atoms with van der Waals surface area (Å²) in [4.78, 5) is 8.46. The van der Waals surface area contributed by atoms with Crippen molar-refractivity contribution in [3.05, 3.63) is 23.5 Å². The van der Waals surface area contributed by atoms with E-state index in [0.717, 1.165) is 0 Å². The van der Waals surface area contributed by atoms with Crippen LogP contribution >= 0.6 is 12.2 Å². The average molecular weight is 279 g/mol. The number of hydrogen-bond donors (Lipinski definition) is 1. The maximum Gasteiger partial charge on any atom is 0.220 e. The Labute approximate surface area is 114 Å². The lowest BCUT2D eigenvalue weighted by Gasteiger charge is -2.06. The molecule has 0 aliphatic rings. The molecule has 0 saturated carbocycles. The molecule has 2 aromatic heterocycles. The zero-order valence-electron chi connectivity index (χ0n) is 10.6. The van der Waals surface area contributed by atoms with E-state index in [9.17, 15) is 0 Å². The molecule has 0 aliphatic heterocycles. The van der Waals surface area contributed by atoms with Crippen LogP contribution in [-0.4, -0.2) is 39.0 Å². The Morgan fingerprint density at radius 1 is 1.37 bits per heavy atom. The zero-order chi connectivity index (χ0) is 13.8. The van der Waals surface area contributed by atoms with Gasteiger partial charge in [0.15, 0.2) is 4.77 Å². The highest BCUT2D eigenvalue weighted by molar-refractivity contribution is 7.71. The third-order valence-electron chi connectivity index (χ3n) is 2.37. The van der Waals surface area contributed by atoms with Gasteiger partial charge in [0.2, 0.25) is 23.4 Å². The van der Waals surface area contributed by atoms with Gasteiger partial charge < -0.3 is 9.47 Å². The number of methoxy groups -OCH3 is 2. The van der Waals surface area contributed by atoms with E-state index in [1.807, 2.05) is 0 Å². The van der Waals surface area contributed by atoms with E-state index in [0.29, 0.717) is 34.7 Å². The molecule has 7 nitrogen and oxygen atoms in total. The van der Waals surface area contributed by atoms with Crippen molar-refractivity contribution in [2.45, 2.75) is 6.54 Å². The maximum absolute atomic E-state index is 5.14. The summed E-state index contributed by atoms with van der Waals surface area (Å²) in [6.07, 6.45) is 1.71. The first-order chi connectivity index (χ1) is 9.19. The van der Waals surface area contributed by atoms with Gasteiger partial charge in [0, 0.05) is 6.54 Å². The van der Waals surface area contributed by atoms with Gasteiger partial charge in [-0.25, -0.2) is 0 Å². The monoisotopic (exact) mass is 279 g/mol. The lowest BCUT2D eigenvalue weighted by atomic mass is 10.4. The fourth-order valence-corrected chi connectivity index (χ4v) is 1.71. The molecule has 0 saturated heterocycles. The van der Waals surface area contributed by atoms with Crippen molar-refractivity contribution in [1.82, 2.24) is 24.7 Å². The molecule has 0 amide bonds. The lowest BCUT2D eigenvalue weighted by molar-refractivity contribution is 0.372. The zero-order valence-corrected chi connectivity index (χ0v) is 11.4. The number of allylic oxidation sites excluding steroid dienone is 1. The Bertz CT molecular complexity index is 627. The summed E-state index contributed by atoms with van der Waals surface area (Å²) in [5.41, 5.74) is 0. The van der Waals surface area contributed by atoms with Crippen LogP contribution in [-0.2, 0) is 6.54 Å². The van der Waals surface area contributed by atoms with E-state index in [2.05, 4.69) is 26.7 Å². The van der Waals surface area contributed by atoms with Crippen molar-refractivity contribution in [3.8, 4) is 23.4 Å². The van der Waals surface area contributed by atoms with E-state index in [-0.39, 0.29) is 0 Å². The second-order valence-corrected chi connectivity index (χ2v) is 3.91. The molecule has 100 valence electrons. The van der Waals surface area contributed by atoms with Gasteiger partial charge in [0.1, 0.15) is 0 Å². The van der Waals surface area contributed by atoms with Crippen LogP contribution in [0.1, 0.15) is 0 Å². The summed E-state index contributed by atoms with van der Waals surface area (Å²) in [6.45, 7) is 4.19.